The minimum Gasteiger partial charge on any atom is -0.454 e. The van der Waals surface area contributed by atoms with Crippen molar-refractivity contribution in [2.75, 3.05) is 19.9 Å². The highest BCUT2D eigenvalue weighted by molar-refractivity contribution is 5.52. The molecule has 5 rings (SSSR count). The standard InChI is InChI=1S/C21H21N3O3/c1-14-2-5-16(6-3-14)20-22-23-21(27-20)17-8-9-24(12-17)11-15-4-7-18-19(10-15)26-13-25-18/h2-7,10,17H,8-9,11-13H2,1H3/t17-/m0/s1. The highest BCUT2D eigenvalue weighted by Crippen LogP contribution is 2.34. The summed E-state index contributed by atoms with van der Waals surface area (Å²) in [5.74, 6) is 3.28. The number of benzene rings is 2. The summed E-state index contributed by atoms with van der Waals surface area (Å²) in [6.45, 7) is 5.19. The predicted molar refractivity (Wildman–Crippen MR) is 99.7 cm³/mol. The Bertz CT molecular complexity index is 952. The number of hydrogen-bond acceptors (Lipinski definition) is 6. The number of likely N-dealkylation sites (tertiary alicyclic amines) is 1. The van der Waals surface area contributed by atoms with Crippen LogP contribution in [0.1, 0.15) is 29.4 Å². The minimum atomic E-state index is 0.283. The van der Waals surface area contributed by atoms with Gasteiger partial charge in [-0.15, -0.1) is 10.2 Å². The van der Waals surface area contributed by atoms with Crippen molar-refractivity contribution in [1.29, 1.82) is 0 Å². The molecule has 1 saturated heterocycles. The van der Waals surface area contributed by atoms with Crippen LogP contribution in [0, 0.1) is 6.92 Å². The minimum absolute atomic E-state index is 0.283. The maximum absolute atomic E-state index is 5.97. The van der Waals surface area contributed by atoms with Gasteiger partial charge in [0.25, 0.3) is 0 Å². The lowest BCUT2D eigenvalue weighted by atomic mass is 10.1. The number of rotatable bonds is 4. The molecule has 3 heterocycles. The van der Waals surface area contributed by atoms with Gasteiger partial charge in [-0.25, -0.2) is 0 Å². The topological polar surface area (TPSA) is 60.6 Å². The van der Waals surface area contributed by atoms with E-state index in [4.69, 9.17) is 13.9 Å². The normalized spacial score (nSPS) is 18.9. The molecule has 1 aromatic heterocycles. The molecule has 1 fully saturated rings. The Morgan fingerprint density at radius 3 is 2.78 bits per heavy atom. The van der Waals surface area contributed by atoms with E-state index in [0.717, 1.165) is 49.0 Å². The van der Waals surface area contributed by atoms with Gasteiger partial charge in [0.2, 0.25) is 18.6 Å². The third-order valence-electron chi connectivity index (χ3n) is 5.20. The van der Waals surface area contributed by atoms with E-state index < -0.39 is 0 Å². The molecule has 2 aliphatic heterocycles. The van der Waals surface area contributed by atoms with Crippen LogP contribution in [0.5, 0.6) is 11.5 Å². The first-order valence-electron chi connectivity index (χ1n) is 9.26. The van der Waals surface area contributed by atoms with Gasteiger partial charge in [-0.3, -0.25) is 4.90 Å². The third kappa shape index (κ3) is 3.28. The van der Waals surface area contributed by atoms with Crippen molar-refractivity contribution in [2.24, 2.45) is 0 Å². The summed E-state index contributed by atoms with van der Waals surface area (Å²) in [6.07, 6.45) is 1.03. The Morgan fingerprint density at radius 2 is 1.89 bits per heavy atom. The van der Waals surface area contributed by atoms with Crippen molar-refractivity contribution in [1.82, 2.24) is 15.1 Å². The van der Waals surface area contributed by atoms with Crippen molar-refractivity contribution < 1.29 is 13.9 Å². The smallest absolute Gasteiger partial charge is 0.247 e. The largest absolute Gasteiger partial charge is 0.454 e. The lowest BCUT2D eigenvalue weighted by Crippen LogP contribution is -2.19. The number of nitrogens with zero attached hydrogens (tertiary/aromatic N) is 3. The molecule has 0 saturated carbocycles. The summed E-state index contributed by atoms with van der Waals surface area (Å²) in [6, 6.07) is 14.3. The molecule has 3 aromatic rings. The second-order valence-electron chi connectivity index (χ2n) is 7.22. The van der Waals surface area contributed by atoms with Crippen molar-refractivity contribution in [2.45, 2.75) is 25.8 Å². The molecule has 1 atom stereocenters. The van der Waals surface area contributed by atoms with E-state index in [1.807, 2.05) is 18.2 Å². The number of aromatic nitrogens is 2. The van der Waals surface area contributed by atoms with E-state index in [1.165, 1.54) is 11.1 Å². The second kappa shape index (κ2) is 6.70. The van der Waals surface area contributed by atoms with Crippen molar-refractivity contribution in [3.8, 4) is 23.0 Å². The van der Waals surface area contributed by atoms with Crippen LogP contribution in [-0.4, -0.2) is 35.0 Å². The zero-order valence-electron chi connectivity index (χ0n) is 15.2. The summed E-state index contributed by atoms with van der Waals surface area (Å²) in [7, 11) is 0. The molecule has 0 spiro atoms. The molecular formula is C21H21N3O3. The van der Waals surface area contributed by atoms with Gasteiger partial charge in [0.1, 0.15) is 0 Å². The highest BCUT2D eigenvalue weighted by atomic mass is 16.7. The van der Waals surface area contributed by atoms with Gasteiger partial charge < -0.3 is 13.9 Å². The van der Waals surface area contributed by atoms with Gasteiger partial charge >= 0.3 is 0 Å². The van der Waals surface area contributed by atoms with E-state index >= 15 is 0 Å². The van der Waals surface area contributed by atoms with Gasteiger partial charge in [0.15, 0.2) is 11.5 Å². The SMILES string of the molecule is Cc1ccc(-c2nnc([C@H]3CCN(Cc4ccc5c(c4)OCO5)C3)o2)cc1. The summed E-state index contributed by atoms with van der Waals surface area (Å²) < 4.78 is 16.8. The lowest BCUT2D eigenvalue weighted by Gasteiger charge is -2.15. The summed E-state index contributed by atoms with van der Waals surface area (Å²) in [5.41, 5.74) is 3.41. The quantitative estimate of drug-likeness (QED) is 0.703. The second-order valence-corrected chi connectivity index (χ2v) is 7.22. The molecule has 138 valence electrons. The monoisotopic (exact) mass is 363 g/mol. The Kier molecular flexibility index (Phi) is 4.05. The van der Waals surface area contributed by atoms with E-state index in [9.17, 15) is 0 Å². The lowest BCUT2D eigenvalue weighted by molar-refractivity contribution is 0.174. The molecule has 27 heavy (non-hydrogen) atoms. The van der Waals surface area contributed by atoms with Crippen molar-refractivity contribution in [3.63, 3.8) is 0 Å². The molecule has 0 N–H and O–H groups in total. The average molecular weight is 363 g/mol. The number of fused-ring (bicyclic) bond motifs is 1. The first-order valence-corrected chi connectivity index (χ1v) is 9.26. The van der Waals surface area contributed by atoms with Crippen LogP contribution < -0.4 is 9.47 Å². The molecule has 0 bridgehead atoms. The average Bonchev–Trinajstić information content (AvgIpc) is 3.42. The maximum Gasteiger partial charge on any atom is 0.247 e. The molecule has 6 nitrogen and oxygen atoms in total. The Morgan fingerprint density at radius 1 is 1.04 bits per heavy atom. The van der Waals surface area contributed by atoms with Gasteiger partial charge in [0.05, 0.1) is 5.92 Å². The first-order chi connectivity index (χ1) is 13.2. The van der Waals surface area contributed by atoms with Crippen LogP contribution in [0.15, 0.2) is 46.9 Å². The summed E-state index contributed by atoms with van der Waals surface area (Å²) in [4.78, 5) is 2.41. The van der Waals surface area contributed by atoms with Crippen LogP contribution in [-0.2, 0) is 6.54 Å². The summed E-state index contributed by atoms with van der Waals surface area (Å²) >= 11 is 0. The van der Waals surface area contributed by atoms with Gasteiger partial charge in [-0.05, 0) is 49.7 Å². The maximum atomic E-state index is 5.97. The van der Waals surface area contributed by atoms with Gasteiger partial charge in [0, 0.05) is 18.7 Å². The van der Waals surface area contributed by atoms with E-state index in [1.54, 1.807) is 0 Å². The molecule has 0 amide bonds. The van der Waals surface area contributed by atoms with Gasteiger partial charge in [-0.2, -0.15) is 0 Å². The van der Waals surface area contributed by atoms with Crippen LogP contribution in [0.3, 0.4) is 0 Å². The number of aryl methyl sites for hydroxylation is 1. The Balaban J connectivity index is 1.25. The Labute approximate surface area is 157 Å². The molecule has 0 aliphatic carbocycles. The van der Waals surface area contributed by atoms with E-state index in [0.29, 0.717) is 12.7 Å². The van der Waals surface area contributed by atoms with E-state index in [-0.39, 0.29) is 5.92 Å². The molecule has 0 radical (unpaired) electrons. The highest BCUT2D eigenvalue weighted by Gasteiger charge is 2.28. The van der Waals surface area contributed by atoms with Crippen LogP contribution >= 0.6 is 0 Å². The van der Waals surface area contributed by atoms with Gasteiger partial charge in [-0.1, -0.05) is 23.8 Å². The predicted octanol–water partition coefficient (Wildman–Crippen LogP) is 3.76. The fraction of sp³-hybridized carbons (Fsp3) is 0.333. The van der Waals surface area contributed by atoms with Crippen molar-refractivity contribution >= 4 is 0 Å². The number of hydrogen-bond donors (Lipinski definition) is 0. The number of ether oxygens (including phenoxy) is 2. The zero-order chi connectivity index (χ0) is 18.2. The third-order valence-corrected chi connectivity index (χ3v) is 5.20. The molecule has 2 aliphatic rings. The van der Waals surface area contributed by atoms with Crippen LogP contribution in [0.2, 0.25) is 0 Å². The molecule has 2 aromatic carbocycles. The van der Waals surface area contributed by atoms with Crippen LogP contribution in [0.4, 0.5) is 0 Å². The molecule has 0 unspecified atom stereocenters. The van der Waals surface area contributed by atoms with Crippen LogP contribution in [0.25, 0.3) is 11.5 Å². The fourth-order valence-corrected chi connectivity index (χ4v) is 3.69. The molecular weight excluding hydrogens is 342 g/mol. The summed E-state index contributed by atoms with van der Waals surface area (Å²) in [5, 5.41) is 8.55. The Hall–Kier alpha value is -2.86. The molecule has 6 heteroatoms. The van der Waals surface area contributed by atoms with E-state index in [2.05, 4.69) is 46.3 Å². The zero-order valence-corrected chi connectivity index (χ0v) is 15.2. The van der Waals surface area contributed by atoms with Crippen molar-refractivity contribution in [3.05, 3.63) is 59.5 Å². The fourth-order valence-electron chi connectivity index (χ4n) is 3.69. The first kappa shape index (κ1) is 16.3.